The van der Waals surface area contributed by atoms with Gasteiger partial charge in [-0.1, -0.05) is 42.5 Å². The molecule has 0 aliphatic carbocycles. The fraction of sp³-hybridized carbons (Fsp3) is 0.188. The van der Waals surface area contributed by atoms with E-state index in [1.54, 1.807) is 26.1 Å². The number of carbonyl (C=O) groups is 1. The van der Waals surface area contributed by atoms with Crippen LogP contribution in [-0.4, -0.2) is 13.0 Å². The first kappa shape index (κ1) is 13.3. The number of rotatable bonds is 3. The Morgan fingerprint density at radius 2 is 1.79 bits per heavy atom. The molecule has 0 saturated heterocycles. The van der Waals surface area contributed by atoms with Crippen LogP contribution in [0.3, 0.4) is 0 Å². The van der Waals surface area contributed by atoms with Crippen LogP contribution < -0.4 is 5.32 Å². The molecule has 2 aromatic carbocycles. The second-order valence-corrected chi connectivity index (χ2v) is 4.44. The molecule has 1 N–H and O–H groups in total. The van der Waals surface area contributed by atoms with E-state index in [1.807, 2.05) is 30.3 Å². The molecule has 0 spiro atoms. The molecular formula is C16H16FNO. The van der Waals surface area contributed by atoms with Crippen LogP contribution in [-0.2, 0) is 11.2 Å². The maximum absolute atomic E-state index is 14.2. The van der Waals surface area contributed by atoms with Gasteiger partial charge in [-0.05, 0) is 23.6 Å². The van der Waals surface area contributed by atoms with Gasteiger partial charge in [0.05, 0.1) is 6.42 Å². The Kier molecular flexibility index (Phi) is 3.95. The van der Waals surface area contributed by atoms with Gasteiger partial charge in [0.1, 0.15) is 5.82 Å². The number of hydrogen-bond donors (Lipinski definition) is 1. The average Bonchev–Trinajstić information content (AvgIpc) is 2.42. The van der Waals surface area contributed by atoms with Crippen LogP contribution in [0, 0.1) is 12.7 Å². The monoisotopic (exact) mass is 257 g/mol. The van der Waals surface area contributed by atoms with Crippen molar-refractivity contribution in [1.82, 2.24) is 5.32 Å². The van der Waals surface area contributed by atoms with Crippen molar-refractivity contribution in [2.45, 2.75) is 13.3 Å². The molecule has 19 heavy (non-hydrogen) atoms. The quantitative estimate of drug-likeness (QED) is 0.899. The molecule has 0 unspecified atom stereocenters. The first-order chi connectivity index (χ1) is 9.13. The van der Waals surface area contributed by atoms with Gasteiger partial charge in [-0.2, -0.15) is 0 Å². The fourth-order valence-electron chi connectivity index (χ4n) is 2.05. The highest BCUT2D eigenvalue weighted by Crippen LogP contribution is 2.28. The van der Waals surface area contributed by atoms with E-state index in [-0.39, 0.29) is 18.1 Å². The number of halogens is 1. The molecule has 0 aliphatic heterocycles. The average molecular weight is 257 g/mol. The van der Waals surface area contributed by atoms with E-state index >= 15 is 0 Å². The maximum Gasteiger partial charge on any atom is 0.224 e. The summed E-state index contributed by atoms with van der Waals surface area (Å²) in [6, 6.07) is 12.7. The molecule has 2 aromatic rings. The molecule has 0 radical (unpaired) electrons. The summed E-state index contributed by atoms with van der Waals surface area (Å²) in [5, 5.41) is 2.59. The molecule has 98 valence electrons. The highest BCUT2D eigenvalue weighted by Gasteiger charge is 2.12. The highest BCUT2D eigenvalue weighted by atomic mass is 19.1. The van der Waals surface area contributed by atoms with Gasteiger partial charge < -0.3 is 5.32 Å². The molecule has 0 aliphatic rings. The molecule has 1 amide bonds. The van der Waals surface area contributed by atoms with E-state index in [0.29, 0.717) is 11.1 Å². The molecule has 0 aromatic heterocycles. The molecular weight excluding hydrogens is 241 g/mol. The van der Waals surface area contributed by atoms with E-state index in [4.69, 9.17) is 0 Å². The van der Waals surface area contributed by atoms with Gasteiger partial charge in [-0.3, -0.25) is 4.79 Å². The van der Waals surface area contributed by atoms with Crippen molar-refractivity contribution < 1.29 is 9.18 Å². The Morgan fingerprint density at radius 1 is 1.11 bits per heavy atom. The summed E-state index contributed by atoms with van der Waals surface area (Å²) in [6.45, 7) is 1.74. The van der Waals surface area contributed by atoms with Crippen molar-refractivity contribution in [3.05, 3.63) is 59.4 Å². The minimum Gasteiger partial charge on any atom is -0.359 e. The van der Waals surface area contributed by atoms with Gasteiger partial charge in [0.25, 0.3) is 0 Å². The Hall–Kier alpha value is -2.16. The lowest BCUT2D eigenvalue weighted by Crippen LogP contribution is -2.20. The Labute approximate surface area is 112 Å². The lowest BCUT2D eigenvalue weighted by molar-refractivity contribution is -0.119. The molecule has 0 heterocycles. The third kappa shape index (κ3) is 2.81. The van der Waals surface area contributed by atoms with Crippen molar-refractivity contribution >= 4 is 5.91 Å². The van der Waals surface area contributed by atoms with E-state index in [1.165, 1.54) is 0 Å². The topological polar surface area (TPSA) is 29.1 Å². The van der Waals surface area contributed by atoms with Crippen molar-refractivity contribution in [1.29, 1.82) is 0 Å². The van der Waals surface area contributed by atoms with Crippen LogP contribution >= 0.6 is 0 Å². The molecule has 0 bridgehead atoms. The predicted octanol–water partition coefficient (Wildman–Crippen LogP) is 3.09. The van der Waals surface area contributed by atoms with Crippen molar-refractivity contribution in [2.24, 2.45) is 0 Å². The van der Waals surface area contributed by atoms with Gasteiger partial charge in [-0.25, -0.2) is 4.39 Å². The molecule has 0 atom stereocenters. The van der Waals surface area contributed by atoms with Crippen LogP contribution in [0.4, 0.5) is 4.39 Å². The second-order valence-electron chi connectivity index (χ2n) is 4.44. The molecule has 3 heteroatoms. The molecule has 2 rings (SSSR count). The number of likely N-dealkylation sites (N-methyl/N-ethyl adjacent to an activating group) is 1. The summed E-state index contributed by atoms with van der Waals surface area (Å²) in [4.78, 5) is 11.5. The molecule has 2 nitrogen and oxygen atoms in total. The van der Waals surface area contributed by atoms with Gasteiger partial charge >= 0.3 is 0 Å². The first-order valence-electron chi connectivity index (χ1n) is 6.17. The highest BCUT2D eigenvalue weighted by molar-refractivity contribution is 5.81. The van der Waals surface area contributed by atoms with Crippen molar-refractivity contribution in [2.75, 3.05) is 7.05 Å². The molecule has 0 fully saturated rings. The lowest BCUT2D eigenvalue weighted by Gasteiger charge is -2.11. The number of carbonyl (C=O) groups excluding carboxylic acids is 1. The van der Waals surface area contributed by atoms with Gasteiger partial charge in [0, 0.05) is 12.6 Å². The number of amides is 1. The van der Waals surface area contributed by atoms with Gasteiger partial charge in [0.2, 0.25) is 5.91 Å². The predicted molar refractivity (Wildman–Crippen MR) is 74.3 cm³/mol. The largest absolute Gasteiger partial charge is 0.359 e. The van der Waals surface area contributed by atoms with Crippen LogP contribution in [0.1, 0.15) is 11.1 Å². The zero-order valence-corrected chi connectivity index (χ0v) is 11.0. The minimum atomic E-state index is -0.230. The Morgan fingerprint density at radius 3 is 2.53 bits per heavy atom. The summed E-state index contributed by atoms with van der Waals surface area (Å²) >= 11 is 0. The zero-order chi connectivity index (χ0) is 13.8. The number of aryl methyl sites for hydroxylation is 1. The number of hydrogen-bond acceptors (Lipinski definition) is 1. The van der Waals surface area contributed by atoms with Gasteiger partial charge in [-0.15, -0.1) is 0 Å². The first-order valence-corrected chi connectivity index (χ1v) is 6.17. The number of nitrogens with one attached hydrogen (secondary N) is 1. The maximum atomic E-state index is 14.2. The summed E-state index contributed by atoms with van der Waals surface area (Å²) in [5.41, 5.74) is 2.74. The zero-order valence-electron chi connectivity index (χ0n) is 11.0. The van der Waals surface area contributed by atoms with Gasteiger partial charge in [0.15, 0.2) is 0 Å². The number of benzene rings is 2. The SMILES string of the molecule is CNC(=O)Cc1ccccc1-c1cccc(C)c1F. The van der Waals surface area contributed by atoms with Crippen LogP contribution in [0.25, 0.3) is 11.1 Å². The summed E-state index contributed by atoms with van der Waals surface area (Å²) in [7, 11) is 1.60. The summed E-state index contributed by atoms with van der Waals surface area (Å²) < 4.78 is 14.2. The van der Waals surface area contributed by atoms with E-state index in [0.717, 1.165) is 11.1 Å². The van der Waals surface area contributed by atoms with E-state index in [2.05, 4.69) is 5.32 Å². The van der Waals surface area contributed by atoms with Crippen LogP contribution in [0.2, 0.25) is 0 Å². The molecule has 0 saturated carbocycles. The lowest BCUT2D eigenvalue weighted by atomic mass is 9.96. The normalized spacial score (nSPS) is 10.3. The Bertz CT molecular complexity index is 607. The smallest absolute Gasteiger partial charge is 0.224 e. The van der Waals surface area contributed by atoms with Crippen molar-refractivity contribution in [3.63, 3.8) is 0 Å². The van der Waals surface area contributed by atoms with Crippen molar-refractivity contribution in [3.8, 4) is 11.1 Å². The van der Waals surface area contributed by atoms with Crippen LogP contribution in [0.15, 0.2) is 42.5 Å². The standard InChI is InChI=1S/C16H16FNO/c1-11-6-5-9-14(16(11)17)13-8-4-3-7-12(13)10-15(19)18-2/h3-9H,10H2,1-2H3,(H,18,19). The minimum absolute atomic E-state index is 0.0829. The van der Waals surface area contributed by atoms with Crippen LogP contribution in [0.5, 0.6) is 0 Å². The van der Waals surface area contributed by atoms with E-state index < -0.39 is 0 Å². The summed E-state index contributed by atoms with van der Waals surface area (Å²) in [5.74, 6) is -0.313. The fourth-order valence-corrected chi connectivity index (χ4v) is 2.05. The Balaban J connectivity index is 2.50. The third-order valence-corrected chi connectivity index (χ3v) is 3.13. The summed E-state index contributed by atoms with van der Waals surface area (Å²) in [6.07, 6.45) is 0.250. The van der Waals surface area contributed by atoms with E-state index in [9.17, 15) is 9.18 Å². The third-order valence-electron chi connectivity index (χ3n) is 3.13. The second kappa shape index (κ2) is 5.65.